The molecule has 4 aromatic rings. The van der Waals surface area contributed by atoms with E-state index < -0.39 is 115 Å². The summed E-state index contributed by atoms with van der Waals surface area (Å²) in [7, 11) is -27.9. The van der Waals surface area contributed by atoms with Crippen LogP contribution in [0.15, 0.2) is 129 Å². The Kier molecular flexibility index (Phi) is 25.0. The number of nitrogens with two attached hydrogens (primary N) is 1. The molecule has 538 valence electrons. The molecule has 0 radical (unpaired) electrons. The molecular weight excluding hydrogens is 1400 g/mol. The van der Waals surface area contributed by atoms with E-state index in [2.05, 4.69) is 14.8 Å². The number of ether oxygens (including phenoxy) is 1. The number of hydrogen-bond acceptors (Lipinski definition) is 20. The molecule has 1 fully saturated rings. The van der Waals surface area contributed by atoms with Gasteiger partial charge >= 0.3 is 21.3 Å². The zero-order valence-corrected chi connectivity index (χ0v) is 59.2. The van der Waals surface area contributed by atoms with Crippen LogP contribution in [-0.2, 0) is 90.0 Å². The Balaban J connectivity index is 0.935. The lowest BCUT2D eigenvalue weighted by Gasteiger charge is -2.27. The summed E-state index contributed by atoms with van der Waals surface area (Å²) in [6, 6.07) is 17.6. The molecule has 1 saturated heterocycles. The molecule has 0 saturated carbocycles. The van der Waals surface area contributed by atoms with Gasteiger partial charge in [-0.25, -0.2) is 13.9 Å². The van der Waals surface area contributed by atoms with E-state index in [-0.39, 0.29) is 66.9 Å². The maximum Gasteiger partial charge on any atom is 0.472 e. The number of fused-ring (bicyclic) bond motifs is 2. The number of nitrogen functional groups attached to an aromatic ring is 1. The van der Waals surface area contributed by atoms with E-state index in [0.717, 1.165) is 38.6 Å². The minimum absolute atomic E-state index is 0.0105. The van der Waals surface area contributed by atoms with Crippen LogP contribution in [0.25, 0.3) is 5.57 Å². The zero-order valence-electron chi connectivity index (χ0n) is 54.2. The second-order valence-electron chi connectivity index (χ2n) is 25.3. The van der Waals surface area contributed by atoms with Crippen molar-refractivity contribution < 1.29 is 108 Å². The van der Waals surface area contributed by atoms with Gasteiger partial charge in [0.25, 0.3) is 40.5 Å². The lowest BCUT2D eigenvalue weighted by atomic mass is 9.79. The van der Waals surface area contributed by atoms with Gasteiger partial charge in [0.2, 0.25) is 11.6 Å². The second kappa shape index (κ2) is 31.5. The number of rotatable bonds is 33. The van der Waals surface area contributed by atoms with Crippen molar-refractivity contribution in [1.82, 2.24) is 14.9 Å². The molecule has 1 amide bonds. The van der Waals surface area contributed by atoms with Gasteiger partial charge in [-0.2, -0.15) is 43.2 Å². The van der Waals surface area contributed by atoms with E-state index >= 15 is 0 Å². The fourth-order valence-corrected chi connectivity index (χ4v) is 16.0. The minimum Gasteiger partial charge on any atom is -0.386 e. The normalized spacial score (nSPS) is 21.2. The largest absolute Gasteiger partial charge is 0.472 e. The van der Waals surface area contributed by atoms with Crippen LogP contribution >= 0.6 is 15.6 Å². The summed E-state index contributed by atoms with van der Waals surface area (Å²) >= 11 is 0. The van der Waals surface area contributed by atoms with Gasteiger partial charge in [0.05, 0.1) is 39.9 Å². The van der Waals surface area contributed by atoms with Gasteiger partial charge in [-0.15, -0.1) is 0 Å². The smallest absolute Gasteiger partial charge is 0.386 e. The Hall–Kier alpha value is -5.98. The average molecular weight is 1490 g/mol. The van der Waals surface area contributed by atoms with Crippen molar-refractivity contribution >= 4 is 90.5 Å². The SMILES string of the molecule is CC1(C)C(/C=C/C2=C(c3ccc(CCCCC(=O)NCCCCCCOP(=O)(O)O[C@H]4[C@@H](O)[C@H](n5ccc(N)nc5=O)O[C@@H]4COP(=O)(O)O)cc3)C(=C/C=C3/N(CCCS(=O)(=O)O)c4ccc(S(=O)(=O)O)cc4C3(C)C)/CCC2)=[N+](CCCS(=O)(=O)O)c2ccc(S(=O)(=O)O)cc21. The lowest BCUT2D eigenvalue weighted by molar-refractivity contribution is -0.437. The number of amides is 1. The van der Waals surface area contributed by atoms with Gasteiger partial charge < -0.3 is 40.5 Å². The molecule has 1 unspecified atom stereocenters. The molecule has 30 nitrogen and oxygen atoms in total. The molecule has 4 heterocycles. The van der Waals surface area contributed by atoms with E-state index in [0.29, 0.717) is 98.2 Å². The van der Waals surface area contributed by atoms with Gasteiger partial charge in [-0.05, 0) is 148 Å². The quantitative estimate of drug-likeness (QED) is 0.00991. The van der Waals surface area contributed by atoms with Gasteiger partial charge in [0.15, 0.2) is 11.9 Å². The molecule has 0 bridgehead atoms. The van der Waals surface area contributed by atoms with E-state index in [1.165, 1.54) is 30.3 Å². The van der Waals surface area contributed by atoms with Gasteiger partial charge in [-0.1, -0.05) is 63.1 Å². The molecule has 1 aliphatic carbocycles. The van der Waals surface area contributed by atoms with Crippen LogP contribution in [0, 0.1) is 0 Å². The summed E-state index contributed by atoms with van der Waals surface area (Å²) in [6.07, 6.45) is 8.16. The molecule has 11 N–H and O–H groups in total. The minimum atomic E-state index is -5.08. The average Bonchev–Trinajstić information content (AvgIpc) is 1.59. The molecule has 5 atom stereocenters. The van der Waals surface area contributed by atoms with Crippen LogP contribution in [0.5, 0.6) is 0 Å². The molecule has 36 heteroatoms. The molecule has 3 aliphatic heterocycles. The predicted octanol–water partition coefficient (Wildman–Crippen LogP) is 7.01. The summed E-state index contributed by atoms with van der Waals surface area (Å²) in [5.41, 5.74) is 10.9. The molecule has 1 aromatic heterocycles. The Morgan fingerprint density at radius 1 is 0.776 bits per heavy atom. The number of nitrogens with one attached hydrogen (secondary N) is 1. The van der Waals surface area contributed by atoms with Crippen molar-refractivity contribution in [2.45, 2.75) is 156 Å². The van der Waals surface area contributed by atoms with Crippen LogP contribution in [-0.4, -0.2) is 160 Å². The third kappa shape index (κ3) is 20.4. The number of hydrogen-bond donors (Lipinski definition) is 10. The first-order valence-corrected chi connectivity index (χ1v) is 40.6. The number of nitrogens with zero attached hydrogens (tertiary/aromatic N) is 4. The third-order valence-electron chi connectivity index (χ3n) is 17.4. The molecule has 0 spiro atoms. The van der Waals surface area contributed by atoms with E-state index in [9.17, 15) is 90.4 Å². The Labute approximate surface area is 568 Å². The fraction of sp³-hybridized carbons (Fsp3) is 0.484. The first-order chi connectivity index (χ1) is 45.6. The standard InChI is InChI=1S/C62H82N6O24P2S4/c1-61(2)47-38-45(97(83,84)85)24-26-49(47)66(32-12-36-95(77,78)79)52(61)28-22-42-15-11-16-43(23-29-53-62(3,4)48-39-46(98(86,87)88)25-27-50(48)67(53)33-13-37-96(80,81)82)56(42)44-20-18-41(19-21-44)14-7-8-17-55(69)64-31-9-5-6-10-35-89-94(75,76)92-58-51(40-90-93(72,73)74)91-59(57(58)70)68-34-30-54(63)65-60(68)71/h18-30,34,38-39,51,57-59,70H,5-17,31-33,35-37,40H2,1-4H3,(H9-,63,64,65,69,71,72,73,74,75,76,77,78,79,80,81,82,83,84,85,86,87,88)/p+1/t51-,57-,58-,59-/m1/s1. The summed E-state index contributed by atoms with van der Waals surface area (Å²) < 4.78 is 184. The number of aryl methyl sites for hydroxylation is 1. The van der Waals surface area contributed by atoms with Crippen molar-refractivity contribution in [1.29, 1.82) is 0 Å². The number of carbonyl (C=O) groups is 1. The third-order valence-corrected chi connectivity index (χ3v) is 22.2. The Morgan fingerprint density at radius 3 is 2.08 bits per heavy atom. The maximum absolute atomic E-state index is 13.0. The number of anilines is 2. The fourth-order valence-electron chi connectivity index (χ4n) is 12.6. The molecule has 8 rings (SSSR count). The van der Waals surface area contributed by atoms with E-state index in [4.69, 9.17) is 19.5 Å². The predicted molar refractivity (Wildman–Crippen MR) is 361 cm³/mol. The summed E-state index contributed by atoms with van der Waals surface area (Å²) in [5, 5.41) is 13.9. The van der Waals surface area contributed by atoms with Crippen molar-refractivity contribution in [3.63, 3.8) is 0 Å². The first-order valence-electron chi connectivity index (χ1n) is 31.4. The number of unbranched alkanes of at least 4 members (excludes halogenated alkanes) is 4. The molecular formula is C62H83N6O24P2S4+. The van der Waals surface area contributed by atoms with Gasteiger partial charge in [0, 0.05) is 66.6 Å². The van der Waals surface area contributed by atoms with Crippen LogP contribution in [0.2, 0.25) is 0 Å². The highest BCUT2D eigenvalue weighted by molar-refractivity contribution is 7.86. The number of aliphatic hydroxyl groups is 1. The Morgan fingerprint density at radius 2 is 1.43 bits per heavy atom. The number of allylic oxidation sites excluding steroid dienone is 8. The maximum atomic E-state index is 13.0. The highest BCUT2D eigenvalue weighted by atomic mass is 32.2. The van der Waals surface area contributed by atoms with Crippen LogP contribution in [0.1, 0.15) is 133 Å². The van der Waals surface area contributed by atoms with Crippen molar-refractivity contribution in [2.24, 2.45) is 0 Å². The second-order valence-corrected chi connectivity index (χ2v) is 33.9. The Bertz CT molecular complexity index is 4450. The van der Waals surface area contributed by atoms with Crippen molar-refractivity contribution in [2.75, 3.05) is 55.0 Å². The van der Waals surface area contributed by atoms with Crippen molar-refractivity contribution in [3.8, 4) is 0 Å². The van der Waals surface area contributed by atoms with Crippen molar-refractivity contribution in [3.05, 3.63) is 147 Å². The number of benzene rings is 3. The number of aromatic nitrogens is 2. The van der Waals surface area contributed by atoms with Crippen LogP contribution in [0.4, 0.5) is 17.2 Å². The first kappa shape index (κ1) is 77.8. The number of aliphatic hydroxyl groups excluding tert-OH is 1. The highest BCUT2D eigenvalue weighted by Gasteiger charge is 2.50. The van der Waals surface area contributed by atoms with E-state index in [1.807, 2.05) is 85.7 Å². The number of carbonyl (C=O) groups excluding carboxylic acids is 1. The lowest BCUT2D eigenvalue weighted by Crippen LogP contribution is -2.37. The summed E-state index contributed by atoms with van der Waals surface area (Å²) in [5.74, 6) is -1.38. The highest BCUT2D eigenvalue weighted by Crippen LogP contribution is 2.51. The summed E-state index contributed by atoms with van der Waals surface area (Å²) in [4.78, 5) is 59.1. The monoisotopic (exact) mass is 1490 g/mol. The molecule has 4 aliphatic rings. The molecule has 98 heavy (non-hydrogen) atoms. The van der Waals surface area contributed by atoms with E-state index in [1.54, 1.807) is 12.1 Å². The summed E-state index contributed by atoms with van der Waals surface area (Å²) in [6.45, 7) is 6.93. The van der Waals surface area contributed by atoms with Gasteiger partial charge in [0.1, 0.15) is 30.7 Å². The molecule has 3 aromatic carbocycles. The van der Waals surface area contributed by atoms with Crippen LogP contribution < -0.4 is 21.6 Å². The van der Waals surface area contributed by atoms with Crippen LogP contribution in [0.3, 0.4) is 0 Å². The van der Waals surface area contributed by atoms with Gasteiger partial charge in [-0.3, -0.25) is 41.1 Å². The number of phosphoric ester groups is 2. The zero-order chi connectivity index (χ0) is 72.0. The number of phosphoric acid groups is 2. The topological polar surface area (TPSA) is 466 Å².